The number of imidazole rings is 1. The van der Waals surface area contributed by atoms with E-state index in [0.29, 0.717) is 17.3 Å². The van der Waals surface area contributed by atoms with Gasteiger partial charge in [0.2, 0.25) is 0 Å². The third kappa shape index (κ3) is 5.76. The molecule has 1 N–H and O–H groups in total. The molecule has 6 nitrogen and oxygen atoms in total. The van der Waals surface area contributed by atoms with Crippen LogP contribution in [-0.4, -0.2) is 34.5 Å². The summed E-state index contributed by atoms with van der Waals surface area (Å²) in [5.41, 5.74) is 6.16. The average Bonchev–Trinajstić information content (AvgIpc) is 3.17. The maximum Gasteiger partial charge on any atom is 0.250 e. The van der Waals surface area contributed by atoms with Gasteiger partial charge in [-0.1, -0.05) is 69.6 Å². The molecule has 0 saturated carbocycles. The summed E-state index contributed by atoms with van der Waals surface area (Å²) in [5.74, 6) is 0.596. The molecule has 0 radical (unpaired) electrons. The highest BCUT2D eigenvalue weighted by Gasteiger charge is 2.14. The monoisotopic (exact) mass is 542 g/mol. The van der Waals surface area contributed by atoms with Crippen molar-refractivity contribution in [3.8, 4) is 5.75 Å². The molecule has 33 heavy (non-hydrogen) atoms. The predicted octanol–water partition coefficient (Wildman–Crippen LogP) is 5.75. The number of hydrazone groups is 1. The maximum atomic E-state index is 12.4. The van der Waals surface area contributed by atoms with Crippen LogP contribution in [0.1, 0.15) is 11.1 Å². The lowest BCUT2D eigenvalue weighted by molar-refractivity contribution is -0.118. The van der Waals surface area contributed by atoms with E-state index in [4.69, 9.17) is 21.3 Å². The summed E-state index contributed by atoms with van der Waals surface area (Å²) < 4.78 is 8.28. The number of hydrogen-bond acceptors (Lipinski definition) is 5. The van der Waals surface area contributed by atoms with Crippen molar-refractivity contribution >= 4 is 62.4 Å². The summed E-state index contributed by atoms with van der Waals surface area (Å²) in [7, 11) is 1.59. The van der Waals surface area contributed by atoms with Crippen molar-refractivity contribution in [2.45, 2.75) is 11.7 Å². The minimum Gasteiger partial charge on any atom is -0.496 e. The topological polar surface area (TPSA) is 68.5 Å². The SMILES string of the molecule is COc1ccc(Br)cc1/C=N/NC(=O)CSc1nc2ccccc2n1Cc1ccccc1Cl. The highest BCUT2D eigenvalue weighted by molar-refractivity contribution is 9.10. The van der Waals surface area contributed by atoms with Crippen LogP contribution in [0.4, 0.5) is 0 Å². The molecule has 0 aliphatic heterocycles. The van der Waals surface area contributed by atoms with Crippen molar-refractivity contribution in [2.75, 3.05) is 12.9 Å². The Hall–Kier alpha value is -2.81. The maximum absolute atomic E-state index is 12.4. The molecule has 0 aliphatic rings. The molecule has 9 heteroatoms. The molecule has 1 aromatic heterocycles. The zero-order valence-corrected chi connectivity index (χ0v) is 20.8. The number of hydrogen-bond donors (Lipinski definition) is 1. The highest BCUT2D eigenvalue weighted by Crippen LogP contribution is 2.27. The van der Waals surface area contributed by atoms with Gasteiger partial charge >= 0.3 is 0 Å². The summed E-state index contributed by atoms with van der Waals surface area (Å²) >= 11 is 11.2. The van der Waals surface area contributed by atoms with Gasteiger partial charge in [-0.15, -0.1) is 0 Å². The molecule has 4 rings (SSSR count). The third-order valence-electron chi connectivity index (χ3n) is 4.82. The average molecular weight is 544 g/mol. The van der Waals surface area contributed by atoms with Crippen LogP contribution in [0.2, 0.25) is 5.02 Å². The van der Waals surface area contributed by atoms with Gasteiger partial charge in [-0.3, -0.25) is 4.79 Å². The number of fused-ring (bicyclic) bond motifs is 1. The van der Waals surface area contributed by atoms with Crippen LogP contribution >= 0.6 is 39.3 Å². The zero-order valence-electron chi connectivity index (χ0n) is 17.7. The molecule has 0 saturated heterocycles. The van der Waals surface area contributed by atoms with Crippen LogP contribution in [0.25, 0.3) is 11.0 Å². The smallest absolute Gasteiger partial charge is 0.250 e. The molecule has 1 amide bonds. The minimum atomic E-state index is -0.235. The highest BCUT2D eigenvalue weighted by atomic mass is 79.9. The molecule has 4 aromatic rings. The molecule has 1 heterocycles. The molecule has 168 valence electrons. The normalized spacial score (nSPS) is 11.2. The van der Waals surface area contributed by atoms with Gasteiger partial charge in [0, 0.05) is 15.1 Å². The lowest BCUT2D eigenvalue weighted by Gasteiger charge is -2.10. The number of carbonyl (C=O) groups is 1. The lowest BCUT2D eigenvalue weighted by Crippen LogP contribution is -2.20. The van der Waals surface area contributed by atoms with E-state index < -0.39 is 0 Å². The van der Waals surface area contributed by atoms with Crippen LogP contribution in [-0.2, 0) is 11.3 Å². The van der Waals surface area contributed by atoms with Gasteiger partial charge in [-0.2, -0.15) is 5.10 Å². The standard InChI is InChI=1S/C24H20BrClN4O2S/c1-32-22-11-10-18(25)12-17(22)13-27-29-23(31)15-33-24-28-20-8-4-5-9-21(20)30(24)14-16-6-2-3-7-19(16)26/h2-13H,14-15H2,1H3,(H,29,31)/b27-13+. The molecule has 3 aromatic carbocycles. The zero-order chi connectivity index (χ0) is 23.2. The summed E-state index contributed by atoms with van der Waals surface area (Å²) in [5, 5.41) is 5.50. The van der Waals surface area contributed by atoms with Gasteiger partial charge in [-0.05, 0) is 42.0 Å². The Kier molecular flexibility index (Phi) is 7.69. The van der Waals surface area contributed by atoms with E-state index in [1.54, 1.807) is 13.3 Å². The first-order chi connectivity index (χ1) is 16.0. The van der Waals surface area contributed by atoms with Gasteiger partial charge in [0.05, 0.1) is 36.7 Å². The van der Waals surface area contributed by atoms with E-state index in [-0.39, 0.29) is 11.7 Å². The number of ether oxygens (including phenoxy) is 1. The number of rotatable bonds is 8. The summed E-state index contributed by atoms with van der Waals surface area (Å²) in [4.78, 5) is 17.1. The molecular formula is C24H20BrClN4O2S. The number of methoxy groups -OCH3 is 1. The van der Waals surface area contributed by atoms with Crippen molar-refractivity contribution in [3.63, 3.8) is 0 Å². The number of amides is 1. The third-order valence-corrected chi connectivity index (χ3v) is 6.66. The van der Waals surface area contributed by atoms with Crippen LogP contribution in [0.3, 0.4) is 0 Å². The lowest BCUT2D eigenvalue weighted by atomic mass is 10.2. The van der Waals surface area contributed by atoms with Crippen LogP contribution in [0.15, 0.2) is 81.5 Å². The number of nitrogens with zero attached hydrogens (tertiary/aromatic N) is 3. The predicted molar refractivity (Wildman–Crippen MR) is 137 cm³/mol. The van der Waals surface area contributed by atoms with Gasteiger partial charge in [0.25, 0.3) is 5.91 Å². The van der Waals surface area contributed by atoms with Crippen LogP contribution < -0.4 is 10.2 Å². The van der Waals surface area contributed by atoms with E-state index in [0.717, 1.165) is 31.8 Å². The fourth-order valence-electron chi connectivity index (χ4n) is 3.26. The fourth-order valence-corrected chi connectivity index (χ4v) is 4.64. The van der Waals surface area contributed by atoms with E-state index in [1.807, 2.05) is 66.7 Å². The number of thioether (sulfide) groups is 1. The van der Waals surface area contributed by atoms with Gasteiger partial charge in [0.15, 0.2) is 5.16 Å². The first-order valence-electron chi connectivity index (χ1n) is 10.0. The Morgan fingerprint density at radius 2 is 2.00 bits per heavy atom. The second-order valence-electron chi connectivity index (χ2n) is 7.03. The molecular weight excluding hydrogens is 524 g/mol. The Labute approximate surface area is 209 Å². The summed E-state index contributed by atoms with van der Waals surface area (Å²) in [6.07, 6.45) is 1.55. The molecule has 0 fully saturated rings. The fraction of sp³-hybridized carbons (Fsp3) is 0.125. The van der Waals surface area contributed by atoms with E-state index in [2.05, 4.69) is 31.0 Å². The number of halogens is 2. The molecule has 0 unspecified atom stereocenters. The van der Waals surface area contributed by atoms with Gasteiger partial charge in [0.1, 0.15) is 5.75 Å². The molecule has 0 spiro atoms. The van der Waals surface area contributed by atoms with Crippen molar-refractivity contribution < 1.29 is 9.53 Å². The second-order valence-corrected chi connectivity index (χ2v) is 9.29. The van der Waals surface area contributed by atoms with Crippen LogP contribution in [0, 0.1) is 0 Å². The first kappa shape index (κ1) is 23.4. The quantitative estimate of drug-likeness (QED) is 0.175. The summed E-state index contributed by atoms with van der Waals surface area (Å²) in [6, 6.07) is 21.2. The molecule has 0 aliphatic carbocycles. The van der Waals surface area contributed by atoms with E-state index >= 15 is 0 Å². The minimum absolute atomic E-state index is 0.165. The Morgan fingerprint density at radius 1 is 1.21 bits per heavy atom. The number of benzene rings is 3. The van der Waals surface area contributed by atoms with Crippen LogP contribution in [0.5, 0.6) is 5.75 Å². The van der Waals surface area contributed by atoms with E-state index in [1.165, 1.54) is 11.8 Å². The van der Waals surface area contributed by atoms with Crippen molar-refractivity contribution in [2.24, 2.45) is 5.10 Å². The van der Waals surface area contributed by atoms with Crippen molar-refractivity contribution in [3.05, 3.63) is 87.4 Å². The van der Waals surface area contributed by atoms with E-state index in [9.17, 15) is 4.79 Å². The number of para-hydroxylation sites is 2. The number of aromatic nitrogens is 2. The van der Waals surface area contributed by atoms with Crippen molar-refractivity contribution in [1.82, 2.24) is 15.0 Å². The van der Waals surface area contributed by atoms with Crippen molar-refractivity contribution in [1.29, 1.82) is 0 Å². The Morgan fingerprint density at radius 3 is 2.82 bits per heavy atom. The number of carbonyl (C=O) groups excluding carboxylic acids is 1. The van der Waals surface area contributed by atoms with Gasteiger partial charge < -0.3 is 9.30 Å². The number of nitrogens with one attached hydrogen (secondary N) is 1. The first-order valence-corrected chi connectivity index (χ1v) is 12.2. The molecule has 0 atom stereocenters. The largest absolute Gasteiger partial charge is 0.496 e. The Bertz CT molecular complexity index is 1330. The summed E-state index contributed by atoms with van der Waals surface area (Å²) in [6.45, 7) is 0.560. The Balaban J connectivity index is 1.46. The molecule has 0 bridgehead atoms. The second kappa shape index (κ2) is 10.9. The van der Waals surface area contributed by atoms with Gasteiger partial charge in [-0.25, -0.2) is 10.4 Å².